The highest BCUT2D eigenvalue weighted by atomic mass is 32.2. The van der Waals surface area contributed by atoms with Crippen LogP contribution in [0.4, 0.5) is 0 Å². The summed E-state index contributed by atoms with van der Waals surface area (Å²) in [6.45, 7) is 4.15. The van der Waals surface area contributed by atoms with E-state index in [1.54, 1.807) is 0 Å². The third kappa shape index (κ3) is 2.79. The highest BCUT2D eigenvalue weighted by Crippen LogP contribution is 2.16. The summed E-state index contributed by atoms with van der Waals surface area (Å²) in [5.41, 5.74) is 0. The van der Waals surface area contributed by atoms with Gasteiger partial charge in [-0.3, -0.25) is 9.80 Å². The number of thioether (sulfide) groups is 2. The van der Waals surface area contributed by atoms with Gasteiger partial charge in [-0.2, -0.15) is 23.5 Å². The first kappa shape index (κ1) is 11.1. The molecular weight excluding hydrogens is 216 g/mol. The number of aliphatic hydroxyl groups is 1. The Balaban J connectivity index is 1.82. The Morgan fingerprint density at radius 2 is 1.14 bits per heavy atom. The molecule has 0 aliphatic carbocycles. The minimum Gasteiger partial charge on any atom is -0.365 e. The first-order valence-corrected chi connectivity index (χ1v) is 7.50. The number of nitrogens with zero attached hydrogens (tertiary/aromatic N) is 2. The molecule has 1 N–H and O–H groups in total. The van der Waals surface area contributed by atoms with Crippen molar-refractivity contribution in [1.29, 1.82) is 0 Å². The fourth-order valence-corrected chi connectivity index (χ4v) is 3.71. The lowest BCUT2D eigenvalue weighted by atomic mass is 10.4. The molecule has 2 rings (SSSR count). The average Bonchev–Trinajstić information content (AvgIpc) is 2.30. The van der Waals surface area contributed by atoms with E-state index in [9.17, 15) is 5.11 Å². The summed E-state index contributed by atoms with van der Waals surface area (Å²) in [6, 6.07) is 0. The molecule has 0 aromatic heterocycles. The van der Waals surface area contributed by atoms with Crippen molar-refractivity contribution in [3.05, 3.63) is 0 Å². The molecule has 82 valence electrons. The van der Waals surface area contributed by atoms with E-state index in [4.69, 9.17) is 0 Å². The first-order valence-electron chi connectivity index (χ1n) is 5.19. The summed E-state index contributed by atoms with van der Waals surface area (Å²) >= 11 is 3.97. The fraction of sp³-hybridized carbons (Fsp3) is 1.00. The van der Waals surface area contributed by atoms with E-state index < -0.39 is 0 Å². The molecule has 3 nitrogen and oxygen atoms in total. The Bertz CT molecular complexity index is 152. The molecule has 5 heteroatoms. The van der Waals surface area contributed by atoms with Gasteiger partial charge in [-0.05, 0) is 0 Å². The molecule has 0 aromatic rings. The first-order chi connectivity index (χ1) is 6.88. The lowest BCUT2D eigenvalue weighted by Crippen LogP contribution is -2.53. The monoisotopic (exact) mass is 234 g/mol. The van der Waals surface area contributed by atoms with Gasteiger partial charge in [0.1, 0.15) is 0 Å². The number of hydrogen-bond donors (Lipinski definition) is 1. The van der Waals surface area contributed by atoms with Crippen LogP contribution in [0.5, 0.6) is 0 Å². The highest BCUT2D eigenvalue weighted by molar-refractivity contribution is 7.99. The topological polar surface area (TPSA) is 26.7 Å². The van der Waals surface area contributed by atoms with E-state index in [-0.39, 0.29) is 6.35 Å². The lowest BCUT2D eigenvalue weighted by Gasteiger charge is -2.39. The van der Waals surface area contributed by atoms with Gasteiger partial charge in [0.15, 0.2) is 6.35 Å². The molecule has 0 aromatic carbocycles. The van der Waals surface area contributed by atoms with E-state index in [1.807, 2.05) is 23.5 Å². The second-order valence-electron chi connectivity index (χ2n) is 3.64. The molecule has 2 heterocycles. The summed E-state index contributed by atoms with van der Waals surface area (Å²) in [5, 5.41) is 10.1. The van der Waals surface area contributed by atoms with Crippen molar-refractivity contribution < 1.29 is 5.11 Å². The molecule has 0 radical (unpaired) electrons. The van der Waals surface area contributed by atoms with E-state index in [0.29, 0.717) is 0 Å². The van der Waals surface area contributed by atoms with Crippen LogP contribution in [0.3, 0.4) is 0 Å². The van der Waals surface area contributed by atoms with Gasteiger partial charge >= 0.3 is 0 Å². The minimum absolute atomic E-state index is 0.322. The molecule has 2 aliphatic heterocycles. The molecule has 0 saturated carbocycles. The van der Waals surface area contributed by atoms with Crippen LogP contribution >= 0.6 is 23.5 Å². The van der Waals surface area contributed by atoms with Crippen LogP contribution < -0.4 is 0 Å². The van der Waals surface area contributed by atoms with Crippen molar-refractivity contribution in [2.24, 2.45) is 0 Å². The van der Waals surface area contributed by atoms with Crippen LogP contribution in [0, 0.1) is 0 Å². The molecule has 2 fully saturated rings. The van der Waals surface area contributed by atoms with Crippen LogP contribution in [-0.4, -0.2) is 70.4 Å². The molecular formula is C9H18N2OS2. The zero-order valence-corrected chi connectivity index (χ0v) is 10.0. The standard InChI is InChI=1S/C9H18N2OS2/c12-9(10-1-5-13-6-2-10)11-3-7-14-8-4-11/h9,12H,1-8H2. The maximum atomic E-state index is 10.1. The smallest absolute Gasteiger partial charge is 0.165 e. The number of rotatable bonds is 2. The summed E-state index contributed by atoms with van der Waals surface area (Å²) < 4.78 is 0. The SMILES string of the molecule is OC(N1CCSCC1)N1CCSCC1. The van der Waals surface area contributed by atoms with Gasteiger partial charge in [-0.1, -0.05) is 0 Å². The quantitative estimate of drug-likeness (QED) is 0.744. The van der Waals surface area contributed by atoms with Gasteiger partial charge in [0.2, 0.25) is 0 Å². The molecule has 14 heavy (non-hydrogen) atoms. The molecule has 2 saturated heterocycles. The molecule has 2 aliphatic rings. The summed E-state index contributed by atoms with van der Waals surface area (Å²) in [4.78, 5) is 4.40. The molecule has 0 spiro atoms. The van der Waals surface area contributed by atoms with Gasteiger partial charge < -0.3 is 5.11 Å². The lowest BCUT2D eigenvalue weighted by molar-refractivity contribution is -0.104. The van der Waals surface area contributed by atoms with Gasteiger partial charge in [-0.25, -0.2) is 0 Å². The van der Waals surface area contributed by atoms with Crippen LogP contribution in [-0.2, 0) is 0 Å². The van der Waals surface area contributed by atoms with Gasteiger partial charge in [-0.15, -0.1) is 0 Å². The Hall–Kier alpha value is 0.580. The fourth-order valence-electron chi connectivity index (χ4n) is 1.85. The normalized spacial score (nSPS) is 27.0. The highest BCUT2D eigenvalue weighted by Gasteiger charge is 2.25. The van der Waals surface area contributed by atoms with Crippen molar-refractivity contribution in [3.63, 3.8) is 0 Å². The molecule has 0 bridgehead atoms. The second kappa shape index (κ2) is 5.61. The van der Waals surface area contributed by atoms with E-state index in [2.05, 4.69) is 9.80 Å². The summed E-state index contributed by atoms with van der Waals surface area (Å²) in [7, 11) is 0. The van der Waals surface area contributed by atoms with Gasteiger partial charge in [0.25, 0.3) is 0 Å². The molecule has 0 unspecified atom stereocenters. The predicted molar refractivity (Wildman–Crippen MR) is 63.8 cm³/mol. The Morgan fingerprint density at radius 3 is 1.50 bits per heavy atom. The van der Waals surface area contributed by atoms with Gasteiger partial charge in [0.05, 0.1) is 0 Å². The van der Waals surface area contributed by atoms with Gasteiger partial charge in [0, 0.05) is 49.2 Å². The summed E-state index contributed by atoms with van der Waals surface area (Å²) in [5.74, 6) is 4.67. The van der Waals surface area contributed by atoms with Crippen LogP contribution in [0.1, 0.15) is 0 Å². The van der Waals surface area contributed by atoms with Crippen molar-refractivity contribution in [1.82, 2.24) is 9.80 Å². The van der Waals surface area contributed by atoms with E-state index in [0.717, 1.165) is 26.2 Å². The molecule has 0 amide bonds. The third-order valence-electron chi connectivity index (χ3n) is 2.74. The second-order valence-corrected chi connectivity index (χ2v) is 6.09. The zero-order chi connectivity index (χ0) is 9.80. The maximum Gasteiger partial charge on any atom is 0.165 e. The Labute approximate surface area is 94.2 Å². The Morgan fingerprint density at radius 1 is 0.786 bits per heavy atom. The maximum absolute atomic E-state index is 10.1. The van der Waals surface area contributed by atoms with Crippen LogP contribution in [0.25, 0.3) is 0 Å². The van der Waals surface area contributed by atoms with Crippen molar-refractivity contribution in [2.45, 2.75) is 6.35 Å². The van der Waals surface area contributed by atoms with E-state index >= 15 is 0 Å². The third-order valence-corrected chi connectivity index (χ3v) is 4.63. The van der Waals surface area contributed by atoms with E-state index in [1.165, 1.54) is 23.0 Å². The van der Waals surface area contributed by atoms with Crippen LogP contribution in [0.15, 0.2) is 0 Å². The largest absolute Gasteiger partial charge is 0.365 e. The number of aliphatic hydroxyl groups excluding tert-OH is 1. The van der Waals surface area contributed by atoms with Crippen LogP contribution in [0.2, 0.25) is 0 Å². The Kier molecular flexibility index (Phi) is 4.44. The predicted octanol–water partition coefficient (Wildman–Crippen LogP) is 0.360. The van der Waals surface area contributed by atoms with Crippen molar-refractivity contribution >= 4 is 23.5 Å². The summed E-state index contributed by atoms with van der Waals surface area (Å²) in [6.07, 6.45) is -0.322. The minimum atomic E-state index is -0.322. The number of hydrogen-bond acceptors (Lipinski definition) is 5. The average molecular weight is 234 g/mol. The zero-order valence-electron chi connectivity index (χ0n) is 8.39. The van der Waals surface area contributed by atoms with Crippen molar-refractivity contribution in [3.8, 4) is 0 Å². The molecule has 0 atom stereocenters. The van der Waals surface area contributed by atoms with Crippen molar-refractivity contribution in [2.75, 3.05) is 49.2 Å².